The van der Waals surface area contributed by atoms with Gasteiger partial charge in [-0.1, -0.05) is 38.5 Å². The lowest BCUT2D eigenvalue weighted by Crippen LogP contribution is -2.06. The van der Waals surface area contributed by atoms with Gasteiger partial charge >= 0.3 is 0 Å². The van der Waals surface area contributed by atoms with Gasteiger partial charge in [0.15, 0.2) is 0 Å². The van der Waals surface area contributed by atoms with E-state index in [9.17, 15) is 12.8 Å². The van der Waals surface area contributed by atoms with E-state index in [4.69, 9.17) is 0 Å². The summed E-state index contributed by atoms with van der Waals surface area (Å²) in [6, 6.07) is 6.16. The van der Waals surface area contributed by atoms with Gasteiger partial charge in [-0.2, -0.15) is 4.39 Å². The van der Waals surface area contributed by atoms with Crippen molar-refractivity contribution in [3.63, 3.8) is 0 Å². The molecule has 0 atom stereocenters. The molecule has 18 heavy (non-hydrogen) atoms. The molecular weight excluding hydrogens is 251 g/mol. The van der Waals surface area contributed by atoms with Crippen molar-refractivity contribution in [2.75, 3.05) is 0 Å². The molecule has 0 N–H and O–H groups in total. The molecule has 2 nitrogen and oxygen atoms in total. The van der Waals surface area contributed by atoms with Crippen molar-refractivity contribution in [3.05, 3.63) is 41.1 Å². The zero-order valence-electron chi connectivity index (χ0n) is 11.2. The van der Waals surface area contributed by atoms with Gasteiger partial charge in [0.25, 0.3) is 0 Å². The average molecular weight is 270 g/mol. The number of sulfone groups is 1. The molecule has 0 fully saturated rings. The molecule has 1 rings (SSSR count). The first kappa shape index (κ1) is 14.9. The van der Waals surface area contributed by atoms with Gasteiger partial charge in [-0.05, 0) is 37.0 Å². The van der Waals surface area contributed by atoms with Crippen molar-refractivity contribution < 1.29 is 12.8 Å². The van der Waals surface area contributed by atoms with E-state index in [-0.39, 0.29) is 10.3 Å². The Balaban J connectivity index is 3.04. The van der Waals surface area contributed by atoms with Crippen molar-refractivity contribution in [1.82, 2.24) is 0 Å². The van der Waals surface area contributed by atoms with Crippen LogP contribution in [0.15, 0.2) is 40.4 Å². The van der Waals surface area contributed by atoms with Crippen LogP contribution in [0.2, 0.25) is 0 Å². The zero-order chi connectivity index (χ0) is 14.0. The van der Waals surface area contributed by atoms with Crippen LogP contribution in [0, 0.1) is 12.3 Å². The first-order chi connectivity index (χ1) is 8.13. The molecule has 0 saturated heterocycles. The molecule has 0 heterocycles. The fourth-order valence-corrected chi connectivity index (χ4v) is 2.35. The Morgan fingerprint density at radius 3 is 2.17 bits per heavy atom. The summed E-state index contributed by atoms with van der Waals surface area (Å²) in [7, 11) is -3.98. The summed E-state index contributed by atoms with van der Waals surface area (Å²) in [6.45, 7) is 7.63. The second-order valence-corrected chi connectivity index (χ2v) is 7.46. The van der Waals surface area contributed by atoms with Crippen LogP contribution < -0.4 is 0 Å². The van der Waals surface area contributed by atoms with Gasteiger partial charge in [0.05, 0.1) is 4.90 Å². The summed E-state index contributed by atoms with van der Waals surface area (Å²) in [4.78, 5) is -0.00393. The van der Waals surface area contributed by atoms with E-state index in [1.165, 1.54) is 12.1 Å². The Morgan fingerprint density at radius 1 is 1.22 bits per heavy atom. The van der Waals surface area contributed by atoms with Crippen LogP contribution in [0.3, 0.4) is 0 Å². The van der Waals surface area contributed by atoms with Gasteiger partial charge in [-0.25, -0.2) is 8.42 Å². The normalized spacial score (nSPS) is 13.7. The number of halogens is 1. The lowest BCUT2D eigenvalue weighted by Gasteiger charge is -2.14. The SMILES string of the molecule is Cc1ccc(S(=O)(=O)/C(F)=C/CC(C)(C)C)cc1. The number of allylic oxidation sites excluding steroid dienone is 1. The Hall–Kier alpha value is -1.16. The van der Waals surface area contributed by atoms with E-state index in [1.807, 2.05) is 27.7 Å². The summed E-state index contributed by atoms with van der Waals surface area (Å²) >= 11 is 0. The van der Waals surface area contributed by atoms with E-state index >= 15 is 0 Å². The molecule has 0 spiro atoms. The summed E-state index contributed by atoms with van der Waals surface area (Å²) < 4.78 is 37.6. The molecule has 0 aliphatic rings. The molecule has 4 heteroatoms. The minimum absolute atomic E-state index is 0.00393. The average Bonchev–Trinajstić information content (AvgIpc) is 2.25. The highest BCUT2D eigenvalue weighted by atomic mass is 32.2. The van der Waals surface area contributed by atoms with Crippen LogP contribution in [-0.2, 0) is 9.84 Å². The molecule has 0 aromatic heterocycles. The quantitative estimate of drug-likeness (QED) is 0.831. The summed E-state index contributed by atoms with van der Waals surface area (Å²) in [5.41, 5.74) is 0.799. The molecule has 0 saturated carbocycles. The van der Waals surface area contributed by atoms with Gasteiger partial charge in [0.2, 0.25) is 15.0 Å². The number of aryl methyl sites for hydroxylation is 1. The van der Waals surface area contributed by atoms with Gasteiger partial charge < -0.3 is 0 Å². The molecular formula is C14H19FO2S. The standard InChI is InChI=1S/C14H19FO2S/c1-11-5-7-12(8-6-11)18(16,17)13(15)9-10-14(2,3)4/h5-9H,10H2,1-4H3/b13-9+. The minimum Gasteiger partial charge on any atom is -0.216 e. The van der Waals surface area contributed by atoms with Gasteiger partial charge in [-0.15, -0.1) is 0 Å². The number of rotatable bonds is 3. The zero-order valence-corrected chi connectivity index (χ0v) is 12.0. The fraction of sp³-hybridized carbons (Fsp3) is 0.429. The molecule has 0 bridgehead atoms. The first-order valence-corrected chi connectivity index (χ1v) is 7.29. The molecule has 0 aliphatic carbocycles. The third-order valence-electron chi connectivity index (χ3n) is 2.46. The molecule has 0 amide bonds. The predicted octanol–water partition coefficient (Wildman–Crippen LogP) is 4.02. The topological polar surface area (TPSA) is 34.1 Å². The van der Waals surface area contributed by atoms with E-state index < -0.39 is 15.0 Å². The highest BCUT2D eigenvalue weighted by Crippen LogP contribution is 2.25. The van der Waals surface area contributed by atoms with Crippen molar-refractivity contribution in [2.24, 2.45) is 5.41 Å². The Kier molecular flexibility index (Phi) is 4.32. The predicted molar refractivity (Wildman–Crippen MR) is 71.6 cm³/mol. The monoisotopic (exact) mass is 270 g/mol. The molecule has 0 aliphatic heterocycles. The van der Waals surface area contributed by atoms with Gasteiger partial charge in [0, 0.05) is 0 Å². The summed E-state index contributed by atoms with van der Waals surface area (Å²) in [6.07, 6.45) is 1.53. The van der Waals surface area contributed by atoms with Crippen LogP contribution in [0.4, 0.5) is 4.39 Å². The van der Waals surface area contributed by atoms with Crippen molar-refractivity contribution in [3.8, 4) is 0 Å². The maximum atomic E-state index is 13.8. The lowest BCUT2D eigenvalue weighted by atomic mass is 9.93. The third kappa shape index (κ3) is 3.95. The van der Waals surface area contributed by atoms with Gasteiger partial charge in [-0.3, -0.25) is 0 Å². The van der Waals surface area contributed by atoms with Gasteiger partial charge in [0.1, 0.15) is 0 Å². The van der Waals surface area contributed by atoms with Crippen LogP contribution >= 0.6 is 0 Å². The highest BCUT2D eigenvalue weighted by molar-refractivity contribution is 7.95. The second kappa shape index (κ2) is 5.22. The number of hydrogen-bond donors (Lipinski definition) is 0. The molecule has 0 unspecified atom stereocenters. The summed E-state index contributed by atoms with van der Waals surface area (Å²) in [5.74, 6) is 0. The second-order valence-electron chi connectivity index (χ2n) is 5.59. The third-order valence-corrected chi connectivity index (χ3v) is 4.04. The van der Waals surface area contributed by atoms with Crippen LogP contribution in [-0.4, -0.2) is 8.42 Å². The smallest absolute Gasteiger partial charge is 0.216 e. The molecule has 0 radical (unpaired) electrons. The van der Waals surface area contributed by atoms with Crippen LogP contribution in [0.5, 0.6) is 0 Å². The number of hydrogen-bond acceptors (Lipinski definition) is 2. The van der Waals surface area contributed by atoms with Crippen molar-refractivity contribution in [1.29, 1.82) is 0 Å². The first-order valence-electron chi connectivity index (χ1n) is 5.80. The number of benzene rings is 1. The highest BCUT2D eigenvalue weighted by Gasteiger charge is 2.21. The molecule has 1 aromatic carbocycles. The fourth-order valence-electron chi connectivity index (χ4n) is 1.33. The molecule has 1 aromatic rings. The maximum absolute atomic E-state index is 13.8. The largest absolute Gasteiger partial charge is 0.232 e. The van der Waals surface area contributed by atoms with E-state index in [0.29, 0.717) is 6.42 Å². The van der Waals surface area contributed by atoms with E-state index in [0.717, 1.165) is 11.6 Å². The van der Waals surface area contributed by atoms with Crippen LogP contribution in [0.1, 0.15) is 32.8 Å². The van der Waals surface area contributed by atoms with E-state index in [2.05, 4.69) is 0 Å². The summed E-state index contributed by atoms with van der Waals surface area (Å²) in [5, 5.41) is -1.07. The molecule has 100 valence electrons. The lowest BCUT2D eigenvalue weighted by molar-refractivity contribution is 0.417. The Morgan fingerprint density at radius 2 is 1.72 bits per heavy atom. The Bertz CT molecular complexity index is 534. The maximum Gasteiger partial charge on any atom is 0.232 e. The van der Waals surface area contributed by atoms with E-state index in [1.54, 1.807) is 12.1 Å². The Labute approximate surface area is 108 Å². The van der Waals surface area contributed by atoms with Crippen LogP contribution in [0.25, 0.3) is 0 Å². The van der Waals surface area contributed by atoms with Crippen molar-refractivity contribution >= 4 is 9.84 Å². The minimum atomic E-state index is -3.98. The van der Waals surface area contributed by atoms with Crippen molar-refractivity contribution in [2.45, 2.75) is 39.0 Å².